The quantitative estimate of drug-likeness (QED) is 0.201. The van der Waals surface area contributed by atoms with Crippen LogP contribution in [-0.2, 0) is 19.7 Å². The number of methoxy groups -OCH3 is 1. The number of hydrogen-bond donors (Lipinski definition) is 1. The van der Waals surface area contributed by atoms with Crippen molar-refractivity contribution in [2.45, 2.75) is 70.0 Å². The molecule has 3 rings (SSSR count). The van der Waals surface area contributed by atoms with Gasteiger partial charge in [0.25, 0.3) is 0 Å². The summed E-state index contributed by atoms with van der Waals surface area (Å²) in [5, 5.41) is 11.4. The Hall–Kier alpha value is -1.95. The highest BCUT2D eigenvalue weighted by molar-refractivity contribution is 6.29. The maximum Gasteiger partial charge on any atom is 0.305 e. The molecular weight excluding hydrogens is 467 g/mol. The van der Waals surface area contributed by atoms with Crippen molar-refractivity contribution < 1.29 is 23.8 Å². The number of unbranched alkanes of at least 4 members (excludes halogenated alkanes) is 1. The molecule has 1 aromatic carbocycles. The van der Waals surface area contributed by atoms with Crippen LogP contribution in [0.4, 0.5) is 4.39 Å². The first-order valence-electron chi connectivity index (χ1n) is 12.5. The molecule has 6 atom stereocenters. The molecule has 4 nitrogen and oxygen atoms in total. The average molecular weight is 505 g/mol. The van der Waals surface area contributed by atoms with E-state index in [-0.39, 0.29) is 41.1 Å². The number of carbonyl (C=O) groups is 1. The molecule has 1 N–H and O–H groups in total. The number of benzene rings is 1. The average Bonchev–Trinajstić information content (AvgIpc) is 3.41. The normalized spacial score (nSPS) is 28.2. The van der Waals surface area contributed by atoms with E-state index in [0.717, 1.165) is 36.3 Å². The molecule has 1 aromatic rings. The number of carbonyl (C=O) groups excluding carboxylic acids is 1. The lowest BCUT2D eigenvalue weighted by Crippen LogP contribution is -2.39. The number of ether oxygens (including phenoxy) is 2. The first-order valence-corrected chi connectivity index (χ1v) is 12.9. The van der Waals surface area contributed by atoms with Crippen molar-refractivity contribution in [3.63, 3.8) is 0 Å². The van der Waals surface area contributed by atoms with Crippen LogP contribution in [-0.4, -0.2) is 37.0 Å². The van der Waals surface area contributed by atoms with E-state index in [1.54, 1.807) is 0 Å². The maximum absolute atomic E-state index is 13.7. The van der Waals surface area contributed by atoms with E-state index >= 15 is 0 Å². The molecule has 192 valence electrons. The van der Waals surface area contributed by atoms with Crippen LogP contribution < -0.4 is 0 Å². The summed E-state index contributed by atoms with van der Waals surface area (Å²) in [5.41, 5.74) is 0.928. The molecule has 1 aliphatic carbocycles. The Labute approximate surface area is 213 Å². The molecule has 2 aliphatic rings. The molecule has 0 radical (unpaired) electrons. The molecule has 2 bridgehead atoms. The summed E-state index contributed by atoms with van der Waals surface area (Å²) in [7, 11) is 1.41. The van der Waals surface area contributed by atoms with Crippen LogP contribution in [0.25, 0.3) is 0 Å². The van der Waals surface area contributed by atoms with Crippen molar-refractivity contribution in [2.24, 2.45) is 17.8 Å². The molecule has 1 heterocycles. The van der Waals surface area contributed by atoms with Crippen LogP contribution in [0.3, 0.4) is 0 Å². The molecular formula is C29H38ClFO4. The van der Waals surface area contributed by atoms with Crippen LogP contribution in [0.2, 0.25) is 0 Å². The van der Waals surface area contributed by atoms with E-state index in [2.05, 4.69) is 18.2 Å². The number of aliphatic hydroxyl groups excluding tert-OH is 1. The molecule has 1 saturated heterocycles. The minimum Gasteiger partial charge on any atom is -0.469 e. The number of hydrogen-bond acceptors (Lipinski definition) is 4. The van der Waals surface area contributed by atoms with Gasteiger partial charge in [-0.2, -0.15) is 0 Å². The topological polar surface area (TPSA) is 55.8 Å². The van der Waals surface area contributed by atoms with Gasteiger partial charge in [0.2, 0.25) is 0 Å². The first-order chi connectivity index (χ1) is 16.8. The molecule has 1 saturated carbocycles. The highest BCUT2D eigenvalue weighted by Gasteiger charge is 2.58. The number of esters is 1. The minimum atomic E-state index is -0.572. The second-order valence-electron chi connectivity index (χ2n) is 9.96. The fourth-order valence-electron chi connectivity index (χ4n) is 5.45. The molecule has 6 heteroatoms. The number of rotatable bonds is 12. The molecule has 1 aliphatic heterocycles. The number of halogens is 2. The van der Waals surface area contributed by atoms with Crippen molar-refractivity contribution in [3.8, 4) is 0 Å². The summed E-state index contributed by atoms with van der Waals surface area (Å²) < 4.78 is 24.6. The maximum atomic E-state index is 13.7. The van der Waals surface area contributed by atoms with E-state index < -0.39 is 6.10 Å². The van der Waals surface area contributed by atoms with Gasteiger partial charge in [-0.3, -0.25) is 4.79 Å². The van der Waals surface area contributed by atoms with Crippen LogP contribution in [0.1, 0.15) is 57.9 Å². The Morgan fingerprint density at radius 2 is 2.09 bits per heavy atom. The molecule has 0 aromatic heterocycles. The lowest BCUT2D eigenvalue weighted by atomic mass is 9.69. The summed E-state index contributed by atoms with van der Waals surface area (Å²) in [6.07, 6.45) is 14.2. The zero-order valence-corrected chi connectivity index (χ0v) is 21.7. The molecule has 1 unspecified atom stereocenters. The Balaban J connectivity index is 1.75. The van der Waals surface area contributed by atoms with Gasteiger partial charge in [-0.1, -0.05) is 61.0 Å². The summed E-state index contributed by atoms with van der Waals surface area (Å²) >= 11 is 5.95. The van der Waals surface area contributed by atoms with Crippen LogP contribution in [0.15, 0.2) is 59.7 Å². The third-order valence-corrected chi connectivity index (χ3v) is 7.72. The van der Waals surface area contributed by atoms with Gasteiger partial charge in [-0.15, -0.1) is 0 Å². The Bertz CT molecular complexity index is 921. The van der Waals surface area contributed by atoms with Gasteiger partial charge in [-0.25, -0.2) is 4.39 Å². The van der Waals surface area contributed by atoms with E-state index in [4.69, 9.17) is 21.1 Å². The van der Waals surface area contributed by atoms with E-state index in [9.17, 15) is 14.3 Å². The van der Waals surface area contributed by atoms with E-state index in [1.165, 1.54) is 19.2 Å². The summed E-state index contributed by atoms with van der Waals surface area (Å²) in [6.45, 7) is 4.47. The second-order valence-corrected chi connectivity index (χ2v) is 10.6. The predicted molar refractivity (Wildman–Crippen MR) is 138 cm³/mol. The van der Waals surface area contributed by atoms with Crippen LogP contribution in [0, 0.1) is 23.6 Å². The van der Waals surface area contributed by atoms with Gasteiger partial charge in [0, 0.05) is 22.8 Å². The molecule has 35 heavy (non-hydrogen) atoms. The van der Waals surface area contributed by atoms with Crippen LogP contribution >= 0.6 is 11.6 Å². The van der Waals surface area contributed by atoms with Gasteiger partial charge in [-0.05, 0) is 68.6 Å². The zero-order chi connectivity index (χ0) is 25.4. The number of allylic oxidation sites excluding steroid dienone is 4. The fraction of sp³-hybridized carbons (Fsp3) is 0.552. The SMILES string of the molecule is COC(=O)CCCC=CC[C@H]1[C@H](C=C[C@H](O)C(C)CC=C(C)Cl)[C@@H]2C[C@@]1(c1ccc(F)cc1)CO2. The second kappa shape index (κ2) is 12.8. The summed E-state index contributed by atoms with van der Waals surface area (Å²) in [5.74, 6) is 0.0516. The van der Waals surface area contributed by atoms with Gasteiger partial charge < -0.3 is 14.6 Å². The van der Waals surface area contributed by atoms with Gasteiger partial charge in [0.05, 0.1) is 25.9 Å². The standard InChI is InChI=1S/C29H38ClFO4/c1-20(10-11-21(2)30)26(32)17-16-24-25(8-6-4-5-7-9-28(33)34-3)29(18-27(24)35-19-29)22-12-14-23(31)15-13-22/h4,6,11-17,20,24-27,32H,5,7-10,18-19H2,1-3H3/t20?,24-,25-,26-,27-,29-/m0/s1. The predicted octanol–water partition coefficient (Wildman–Crippen LogP) is 6.47. The zero-order valence-electron chi connectivity index (χ0n) is 21.0. The smallest absolute Gasteiger partial charge is 0.305 e. The highest BCUT2D eigenvalue weighted by atomic mass is 35.5. The first kappa shape index (κ1) is 27.6. The monoisotopic (exact) mass is 504 g/mol. The van der Waals surface area contributed by atoms with Crippen molar-refractivity contribution in [3.05, 3.63) is 71.1 Å². The summed E-state index contributed by atoms with van der Waals surface area (Å²) in [4.78, 5) is 11.3. The largest absolute Gasteiger partial charge is 0.469 e. The van der Waals surface area contributed by atoms with Crippen LogP contribution in [0.5, 0.6) is 0 Å². The van der Waals surface area contributed by atoms with Crippen molar-refractivity contribution >= 4 is 17.6 Å². The fourth-order valence-corrected chi connectivity index (χ4v) is 5.54. The van der Waals surface area contributed by atoms with Crippen molar-refractivity contribution in [1.82, 2.24) is 0 Å². The van der Waals surface area contributed by atoms with Crippen molar-refractivity contribution in [2.75, 3.05) is 13.7 Å². The van der Waals surface area contributed by atoms with E-state index in [1.807, 2.05) is 38.1 Å². The number of aliphatic hydroxyl groups is 1. The minimum absolute atomic E-state index is 0.0543. The Kier molecular flexibility index (Phi) is 10.1. The van der Waals surface area contributed by atoms with Gasteiger partial charge >= 0.3 is 5.97 Å². The van der Waals surface area contributed by atoms with Crippen molar-refractivity contribution in [1.29, 1.82) is 0 Å². The van der Waals surface area contributed by atoms with E-state index in [0.29, 0.717) is 19.4 Å². The van der Waals surface area contributed by atoms with Gasteiger partial charge in [0.1, 0.15) is 5.82 Å². The summed E-state index contributed by atoms with van der Waals surface area (Å²) in [6, 6.07) is 6.83. The highest BCUT2D eigenvalue weighted by Crippen LogP contribution is 2.57. The molecule has 2 fully saturated rings. The lowest BCUT2D eigenvalue weighted by molar-refractivity contribution is -0.140. The molecule has 0 spiro atoms. The van der Waals surface area contributed by atoms with Gasteiger partial charge in [0.15, 0.2) is 0 Å². The number of fused-ring (bicyclic) bond motifs is 2. The third kappa shape index (κ3) is 7.05. The molecule has 0 amide bonds. The third-order valence-electron chi connectivity index (χ3n) is 7.56. The lowest BCUT2D eigenvalue weighted by Gasteiger charge is -2.38. The Morgan fingerprint density at radius 3 is 2.77 bits per heavy atom. The Morgan fingerprint density at radius 1 is 1.34 bits per heavy atom.